The van der Waals surface area contributed by atoms with Crippen LogP contribution in [-0.2, 0) is 20.8 Å². The minimum Gasteiger partial charge on any atom is -0.338 e. The number of nitrogens with zero attached hydrogens (tertiary/aromatic N) is 2. The molecule has 2 heterocycles. The van der Waals surface area contributed by atoms with Gasteiger partial charge in [-0.15, -0.1) is 0 Å². The predicted octanol–water partition coefficient (Wildman–Crippen LogP) is 5.63. The number of para-hydroxylation sites is 2. The van der Waals surface area contributed by atoms with E-state index in [1.165, 1.54) is 11.0 Å². The second-order valence-corrected chi connectivity index (χ2v) is 11.8. The fraction of sp³-hybridized carbons (Fsp3) is 0.270. The van der Waals surface area contributed by atoms with Crippen LogP contribution in [0.2, 0.25) is 0 Å². The van der Waals surface area contributed by atoms with Crippen LogP contribution in [-0.4, -0.2) is 61.3 Å². The van der Waals surface area contributed by atoms with Crippen LogP contribution in [0.5, 0.6) is 0 Å². The van der Waals surface area contributed by atoms with Crippen molar-refractivity contribution in [3.05, 3.63) is 125 Å². The van der Waals surface area contributed by atoms with Gasteiger partial charge in [-0.3, -0.25) is 14.4 Å². The molecule has 1 aliphatic carbocycles. The van der Waals surface area contributed by atoms with Crippen LogP contribution in [0.25, 0.3) is 5.57 Å². The smallest absolute Gasteiger partial charge is 0.255 e. The Morgan fingerprint density at radius 2 is 1.57 bits per heavy atom. The molecule has 1 saturated heterocycles. The van der Waals surface area contributed by atoms with Crippen LogP contribution in [0.3, 0.4) is 0 Å². The molecule has 2 aliphatic heterocycles. The third-order valence-electron chi connectivity index (χ3n) is 8.60. The zero-order valence-electron chi connectivity index (χ0n) is 25.4. The molecule has 3 aromatic carbocycles. The Morgan fingerprint density at radius 1 is 0.848 bits per heavy atom. The van der Waals surface area contributed by atoms with E-state index in [1.807, 2.05) is 48.5 Å². The fourth-order valence-electron chi connectivity index (χ4n) is 6.31. The van der Waals surface area contributed by atoms with Gasteiger partial charge in [0.05, 0.1) is 5.92 Å². The van der Waals surface area contributed by atoms with E-state index in [0.717, 1.165) is 13.0 Å². The molecule has 236 valence electrons. The zero-order chi connectivity index (χ0) is 32.1. The molecule has 1 unspecified atom stereocenters. The van der Waals surface area contributed by atoms with Crippen molar-refractivity contribution in [1.82, 2.24) is 10.2 Å². The Morgan fingerprint density at radius 3 is 2.35 bits per heavy atom. The largest absolute Gasteiger partial charge is 0.338 e. The van der Waals surface area contributed by atoms with Gasteiger partial charge in [0.25, 0.3) is 11.8 Å². The number of carbonyl (C=O) groups excluding carboxylic acids is 3. The maximum Gasteiger partial charge on any atom is 0.255 e. The van der Waals surface area contributed by atoms with Gasteiger partial charge < -0.3 is 20.4 Å². The maximum absolute atomic E-state index is 14.9. The highest BCUT2D eigenvalue weighted by atomic mass is 19.3. The molecule has 0 aromatic heterocycles. The summed E-state index contributed by atoms with van der Waals surface area (Å²) in [6, 6.07) is 24.8. The molecule has 46 heavy (non-hydrogen) atoms. The van der Waals surface area contributed by atoms with Gasteiger partial charge in [-0.05, 0) is 59.5 Å². The molecular formula is C37H36F2N4O3. The van der Waals surface area contributed by atoms with Crippen molar-refractivity contribution in [2.75, 3.05) is 42.9 Å². The van der Waals surface area contributed by atoms with Gasteiger partial charge in [-0.2, -0.15) is 0 Å². The van der Waals surface area contributed by atoms with Crippen LogP contribution in [0.4, 0.5) is 20.2 Å². The number of anilines is 2. The summed E-state index contributed by atoms with van der Waals surface area (Å²) in [6.45, 7) is 2.34. The Balaban J connectivity index is 1.49. The highest BCUT2D eigenvalue weighted by Crippen LogP contribution is 2.42. The lowest BCUT2D eigenvalue weighted by Gasteiger charge is -2.33. The number of amides is 3. The number of halogens is 2. The molecule has 3 aromatic rings. The monoisotopic (exact) mass is 622 g/mol. The Hall–Kier alpha value is -4.89. The number of hydrogen-bond acceptors (Lipinski definition) is 4. The van der Waals surface area contributed by atoms with Crippen LogP contribution in [0.1, 0.15) is 24.0 Å². The van der Waals surface area contributed by atoms with Gasteiger partial charge in [-0.25, -0.2) is 8.78 Å². The number of nitrogens with one attached hydrogen (secondary N) is 2. The van der Waals surface area contributed by atoms with Crippen molar-refractivity contribution in [1.29, 1.82) is 0 Å². The third kappa shape index (κ3) is 6.84. The minimum atomic E-state index is -2.99. The number of hydrogen-bond donors (Lipinski definition) is 2. The molecule has 6 rings (SSSR count). The van der Waals surface area contributed by atoms with E-state index in [-0.39, 0.29) is 18.0 Å². The topological polar surface area (TPSA) is 81.8 Å². The van der Waals surface area contributed by atoms with Gasteiger partial charge in [0.1, 0.15) is 0 Å². The number of fused-ring (bicyclic) bond motifs is 1. The van der Waals surface area contributed by atoms with E-state index in [2.05, 4.69) is 10.6 Å². The number of alkyl halides is 2. The van der Waals surface area contributed by atoms with Crippen molar-refractivity contribution in [3.63, 3.8) is 0 Å². The number of rotatable bonds is 5. The summed E-state index contributed by atoms with van der Waals surface area (Å²) in [5, 5.41) is 6.22. The average molecular weight is 623 g/mol. The van der Waals surface area contributed by atoms with Gasteiger partial charge in [0.2, 0.25) is 11.8 Å². The summed E-state index contributed by atoms with van der Waals surface area (Å²) in [6.07, 6.45) is 4.55. The Kier molecular flexibility index (Phi) is 9.21. The van der Waals surface area contributed by atoms with Gasteiger partial charge in [-0.1, -0.05) is 72.8 Å². The van der Waals surface area contributed by atoms with E-state index in [1.54, 1.807) is 53.5 Å². The lowest BCUT2D eigenvalue weighted by molar-refractivity contribution is -0.125. The van der Waals surface area contributed by atoms with Crippen molar-refractivity contribution in [3.8, 4) is 0 Å². The average Bonchev–Trinajstić information content (AvgIpc) is 3.42. The van der Waals surface area contributed by atoms with Crippen molar-refractivity contribution in [2.45, 2.75) is 25.2 Å². The molecule has 1 atom stereocenters. The molecule has 0 spiro atoms. The van der Waals surface area contributed by atoms with Crippen molar-refractivity contribution < 1.29 is 23.2 Å². The lowest BCUT2D eigenvalue weighted by Crippen LogP contribution is -2.40. The van der Waals surface area contributed by atoms with E-state index in [4.69, 9.17) is 0 Å². The summed E-state index contributed by atoms with van der Waals surface area (Å²) >= 11 is 0. The first-order valence-corrected chi connectivity index (χ1v) is 15.6. The first-order valence-electron chi connectivity index (χ1n) is 15.6. The highest BCUT2D eigenvalue weighted by molar-refractivity contribution is 6.17. The second-order valence-electron chi connectivity index (χ2n) is 11.8. The predicted molar refractivity (Wildman–Crippen MR) is 175 cm³/mol. The molecule has 0 saturated carbocycles. The number of carbonyl (C=O) groups is 3. The number of benzene rings is 3. The molecule has 3 aliphatic rings. The van der Waals surface area contributed by atoms with E-state index in [0.29, 0.717) is 53.3 Å². The second kappa shape index (κ2) is 13.6. The molecule has 0 bridgehead atoms. The normalized spacial score (nSPS) is 20.5. The lowest BCUT2D eigenvalue weighted by atomic mass is 9.78. The van der Waals surface area contributed by atoms with E-state index < -0.39 is 36.5 Å². The molecule has 9 heteroatoms. The molecule has 1 fully saturated rings. The number of allylic oxidation sites excluding steroid dienone is 1. The Labute approximate surface area is 267 Å². The molecule has 7 nitrogen and oxygen atoms in total. The van der Waals surface area contributed by atoms with Crippen molar-refractivity contribution >= 4 is 34.7 Å². The highest BCUT2D eigenvalue weighted by Gasteiger charge is 2.41. The maximum atomic E-state index is 14.9. The van der Waals surface area contributed by atoms with Crippen LogP contribution >= 0.6 is 0 Å². The third-order valence-corrected chi connectivity index (χ3v) is 8.60. The summed E-state index contributed by atoms with van der Waals surface area (Å²) in [5.41, 5.74) is 3.04. The molecule has 3 amide bonds. The summed E-state index contributed by atoms with van der Waals surface area (Å²) in [4.78, 5) is 45.6. The molecule has 2 N–H and O–H groups in total. The van der Waals surface area contributed by atoms with Gasteiger partial charge >= 0.3 is 0 Å². The fourth-order valence-corrected chi connectivity index (χ4v) is 6.31. The minimum absolute atomic E-state index is 0.213. The summed E-state index contributed by atoms with van der Waals surface area (Å²) in [7, 11) is 0. The molecule has 0 radical (unpaired) electrons. The van der Waals surface area contributed by atoms with Crippen LogP contribution in [0, 0.1) is 5.92 Å². The van der Waals surface area contributed by atoms with E-state index >= 15 is 0 Å². The molecular weight excluding hydrogens is 586 g/mol. The quantitative estimate of drug-likeness (QED) is 0.362. The van der Waals surface area contributed by atoms with Crippen LogP contribution in [0.15, 0.2) is 114 Å². The first kappa shape index (κ1) is 31.1. The van der Waals surface area contributed by atoms with Gasteiger partial charge in [0.15, 0.2) is 0 Å². The van der Waals surface area contributed by atoms with E-state index in [9.17, 15) is 23.2 Å². The zero-order valence-corrected chi connectivity index (χ0v) is 25.4. The Bertz CT molecular complexity index is 1690. The van der Waals surface area contributed by atoms with Crippen molar-refractivity contribution in [2.24, 2.45) is 5.92 Å². The van der Waals surface area contributed by atoms with Crippen LogP contribution < -0.4 is 15.5 Å². The first-order chi connectivity index (χ1) is 22.3. The van der Waals surface area contributed by atoms with Gasteiger partial charge in [0, 0.05) is 62.0 Å². The SMILES string of the molecule is O=C(Nc1ccccc1)C1=C(c2ccccc2)C(C(=O)N2CCC(F)(F)Cc3ccccc32)C(=CC(=O)N2CCCNCC2)C=C1. The standard InChI is InChI=1S/C37H36F2N4O3/c38-37(39)18-22-43(31-15-8-7-12-28(31)25-37)36(46)34-27(24-32(44)42-21-9-19-40-20-23-42)16-17-30(33(34)26-10-3-1-4-11-26)35(45)41-29-13-5-2-6-14-29/h1-8,10-17,24,34,40H,9,18-23,25H2,(H,41,45). The summed E-state index contributed by atoms with van der Waals surface area (Å²) < 4.78 is 29.9. The summed E-state index contributed by atoms with van der Waals surface area (Å²) in [5.74, 6) is -5.25.